The quantitative estimate of drug-likeness (QED) is 0.910. The molecule has 2 heterocycles. The monoisotopic (exact) mass is 345 g/mol. The van der Waals surface area contributed by atoms with E-state index >= 15 is 0 Å². The Morgan fingerprint density at radius 1 is 1.14 bits per heavy atom. The van der Waals surface area contributed by atoms with Gasteiger partial charge in [0, 0.05) is 38.1 Å². The molecule has 0 amide bonds. The molecule has 21 heavy (non-hydrogen) atoms. The minimum Gasteiger partial charge on any atom is -0.381 e. The number of piperidine rings is 1. The fraction of sp³-hybridized carbons (Fsp3) is 0.353. The molecule has 0 unspecified atom stereocenters. The summed E-state index contributed by atoms with van der Waals surface area (Å²) < 4.78 is 1.04. The molecule has 0 aliphatic carbocycles. The lowest BCUT2D eigenvalue weighted by Crippen LogP contribution is -2.38. The molecule has 1 aromatic carbocycles. The van der Waals surface area contributed by atoms with E-state index in [-0.39, 0.29) is 0 Å². The first kappa shape index (κ1) is 14.5. The Labute approximate surface area is 134 Å². The number of aromatic nitrogens is 1. The van der Waals surface area contributed by atoms with Gasteiger partial charge in [-0.05, 0) is 40.4 Å². The molecular weight excluding hydrogens is 326 g/mol. The lowest BCUT2D eigenvalue weighted by Gasteiger charge is -2.33. The summed E-state index contributed by atoms with van der Waals surface area (Å²) in [5, 5.41) is 3.62. The van der Waals surface area contributed by atoms with Gasteiger partial charge in [-0.15, -0.1) is 0 Å². The van der Waals surface area contributed by atoms with E-state index in [1.54, 1.807) is 0 Å². The van der Waals surface area contributed by atoms with Crippen LogP contribution in [-0.4, -0.2) is 29.0 Å². The molecule has 1 aliphatic heterocycles. The van der Waals surface area contributed by atoms with Gasteiger partial charge in [0.1, 0.15) is 0 Å². The van der Waals surface area contributed by atoms with Crippen molar-refractivity contribution < 1.29 is 0 Å². The number of likely N-dealkylation sites (tertiary alicyclic amines) is 1. The number of halogens is 1. The predicted molar refractivity (Wildman–Crippen MR) is 90.3 cm³/mol. The molecular formula is C17H20BrN3. The molecule has 1 saturated heterocycles. The normalized spacial score (nSPS) is 16.8. The van der Waals surface area contributed by atoms with E-state index in [9.17, 15) is 0 Å². The molecule has 0 spiro atoms. The Hall–Kier alpha value is -1.39. The third-order valence-corrected chi connectivity index (χ3v) is 4.60. The maximum Gasteiger partial charge on any atom is 0.0590 e. The van der Waals surface area contributed by atoms with Crippen molar-refractivity contribution in [2.45, 2.75) is 25.4 Å². The first-order valence-corrected chi connectivity index (χ1v) is 8.23. The fourth-order valence-electron chi connectivity index (χ4n) is 2.79. The molecule has 1 aromatic heterocycles. The highest BCUT2D eigenvalue weighted by molar-refractivity contribution is 9.10. The maximum atomic E-state index is 4.10. The predicted octanol–water partition coefficient (Wildman–Crippen LogP) is 3.92. The van der Waals surface area contributed by atoms with E-state index in [1.807, 2.05) is 18.5 Å². The molecule has 3 rings (SSSR count). The van der Waals surface area contributed by atoms with Gasteiger partial charge in [-0.3, -0.25) is 9.88 Å². The van der Waals surface area contributed by atoms with Crippen LogP contribution in [0.3, 0.4) is 0 Å². The molecule has 1 aliphatic rings. The second-order valence-electron chi connectivity index (χ2n) is 5.54. The van der Waals surface area contributed by atoms with Gasteiger partial charge < -0.3 is 5.32 Å². The van der Waals surface area contributed by atoms with Crippen LogP contribution in [-0.2, 0) is 6.54 Å². The van der Waals surface area contributed by atoms with Gasteiger partial charge in [-0.25, -0.2) is 0 Å². The van der Waals surface area contributed by atoms with Crippen molar-refractivity contribution in [3.8, 4) is 0 Å². The zero-order chi connectivity index (χ0) is 14.5. The van der Waals surface area contributed by atoms with Gasteiger partial charge >= 0.3 is 0 Å². The standard InChI is InChI=1S/C17H20BrN3/c18-16-12-19-9-6-17(16)20-15-7-10-21(11-8-15)13-14-4-2-1-3-5-14/h1-6,9,12,15H,7-8,10-11,13H2,(H,19,20). The Morgan fingerprint density at radius 3 is 2.62 bits per heavy atom. The van der Waals surface area contributed by atoms with Crippen LogP contribution in [0.4, 0.5) is 5.69 Å². The summed E-state index contributed by atoms with van der Waals surface area (Å²) in [5.74, 6) is 0. The minimum absolute atomic E-state index is 0.552. The van der Waals surface area contributed by atoms with Gasteiger partial charge in [0.15, 0.2) is 0 Å². The Kier molecular flexibility index (Phi) is 4.88. The van der Waals surface area contributed by atoms with Crippen molar-refractivity contribution in [3.05, 3.63) is 58.8 Å². The summed E-state index contributed by atoms with van der Waals surface area (Å²) in [7, 11) is 0. The zero-order valence-corrected chi connectivity index (χ0v) is 13.6. The Morgan fingerprint density at radius 2 is 1.90 bits per heavy atom. The number of benzene rings is 1. The number of pyridine rings is 1. The lowest BCUT2D eigenvalue weighted by atomic mass is 10.0. The second kappa shape index (κ2) is 7.05. The number of anilines is 1. The molecule has 0 radical (unpaired) electrons. The van der Waals surface area contributed by atoms with Crippen molar-refractivity contribution in [1.29, 1.82) is 0 Å². The number of nitrogens with zero attached hydrogens (tertiary/aromatic N) is 2. The van der Waals surface area contributed by atoms with Crippen LogP contribution in [0.15, 0.2) is 53.3 Å². The first-order valence-electron chi connectivity index (χ1n) is 7.43. The van der Waals surface area contributed by atoms with Crippen LogP contribution in [0, 0.1) is 0 Å². The van der Waals surface area contributed by atoms with Crippen LogP contribution in [0.1, 0.15) is 18.4 Å². The van der Waals surface area contributed by atoms with E-state index in [0.29, 0.717) is 6.04 Å². The van der Waals surface area contributed by atoms with E-state index in [0.717, 1.165) is 29.8 Å². The molecule has 110 valence electrons. The molecule has 2 aromatic rings. The van der Waals surface area contributed by atoms with Gasteiger partial charge in [0.25, 0.3) is 0 Å². The fourth-order valence-corrected chi connectivity index (χ4v) is 3.15. The van der Waals surface area contributed by atoms with Crippen LogP contribution < -0.4 is 5.32 Å². The molecule has 1 fully saturated rings. The summed E-state index contributed by atoms with van der Waals surface area (Å²) in [6, 6.07) is 13.3. The summed E-state index contributed by atoms with van der Waals surface area (Å²) in [6.07, 6.45) is 6.04. The highest BCUT2D eigenvalue weighted by Gasteiger charge is 2.19. The van der Waals surface area contributed by atoms with E-state index in [4.69, 9.17) is 0 Å². The summed E-state index contributed by atoms with van der Waals surface area (Å²) in [6.45, 7) is 3.36. The number of rotatable bonds is 4. The molecule has 3 nitrogen and oxygen atoms in total. The minimum atomic E-state index is 0.552. The van der Waals surface area contributed by atoms with E-state index < -0.39 is 0 Å². The van der Waals surface area contributed by atoms with Crippen molar-refractivity contribution in [1.82, 2.24) is 9.88 Å². The van der Waals surface area contributed by atoms with Crippen LogP contribution in [0.25, 0.3) is 0 Å². The maximum absolute atomic E-state index is 4.10. The Bertz CT molecular complexity index is 565. The van der Waals surface area contributed by atoms with Crippen molar-refractivity contribution in [2.75, 3.05) is 18.4 Å². The van der Waals surface area contributed by atoms with Gasteiger partial charge in [0.2, 0.25) is 0 Å². The first-order chi connectivity index (χ1) is 10.3. The topological polar surface area (TPSA) is 28.2 Å². The van der Waals surface area contributed by atoms with Crippen LogP contribution in [0.5, 0.6) is 0 Å². The summed E-state index contributed by atoms with van der Waals surface area (Å²) in [5.41, 5.74) is 2.55. The van der Waals surface area contributed by atoms with E-state index in [2.05, 4.69) is 61.5 Å². The molecule has 4 heteroatoms. The molecule has 0 saturated carbocycles. The van der Waals surface area contributed by atoms with Gasteiger partial charge in [0.05, 0.1) is 10.2 Å². The van der Waals surface area contributed by atoms with Crippen molar-refractivity contribution in [3.63, 3.8) is 0 Å². The Balaban J connectivity index is 1.50. The summed E-state index contributed by atoms with van der Waals surface area (Å²) >= 11 is 3.54. The number of hydrogen-bond acceptors (Lipinski definition) is 3. The van der Waals surface area contributed by atoms with E-state index in [1.165, 1.54) is 18.4 Å². The third kappa shape index (κ3) is 4.05. The lowest BCUT2D eigenvalue weighted by molar-refractivity contribution is 0.211. The molecule has 0 atom stereocenters. The average molecular weight is 346 g/mol. The van der Waals surface area contributed by atoms with Gasteiger partial charge in [-0.2, -0.15) is 0 Å². The summed E-state index contributed by atoms with van der Waals surface area (Å²) in [4.78, 5) is 6.64. The highest BCUT2D eigenvalue weighted by atomic mass is 79.9. The smallest absolute Gasteiger partial charge is 0.0590 e. The third-order valence-electron chi connectivity index (χ3n) is 3.97. The molecule has 1 N–H and O–H groups in total. The number of nitrogens with one attached hydrogen (secondary N) is 1. The molecule has 0 bridgehead atoms. The number of hydrogen-bond donors (Lipinski definition) is 1. The van der Waals surface area contributed by atoms with Crippen LogP contribution >= 0.6 is 15.9 Å². The van der Waals surface area contributed by atoms with Gasteiger partial charge in [-0.1, -0.05) is 30.3 Å². The van der Waals surface area contributed by atoms with Crippen molar-refractivity contribution >= 4 is 21.6 Å². The van der Waals surface area contributed by atoms with Crippen LogP contribution in [0.2, 0.25) is 0 Å². The average Bonchev–Trinajstić information content (AvgIpc) is 2.52. The second-order valence-corrected chi connectivity index (χ2v) is 6.39. The van der Waals surface area contributed by atoms with Crippen molar-refractivity contribution in [2.24, 2.45) is 0 Å². The highest BCUT2D eigenvalue weighted by Crippen LogP contribution is 2.24. The zero-order valence-electron chi connectivity index (χ0n) is 12.0. The SMILES string of the molecule is Brc1cnccc1NC1CCN(Cc2ccccc2)CC1. The largest absolute Gasteiger partial charge is 0.381 e.